The zero-order valence-electron chi connectivity index (χ0n) is 17.3. The van der Waals surface area contributed by atoms with E-state index in [0.717, 1.165) is 55.8 Å². The summed E-state index contributed by atoms with van der Waals surface area (Å²) in [4.78, 5) is 17.1. The Labute approximate surface area is 181 Å². The summed E-state index contributed by atoms with van der Waals surface area (Å²) in [6, 6.07) is 20.5. The number of thioether (sulfide) groups is 1. The minimum atomic E-state index is 0.172. The molecule has 1 aliphatic rings. The minimum Gasteiger partial charge on any atom is -0.339 e. The van der Waals surface area contributed by atoms with Crippen LogP contribution in [0.4, 0.5) is 0 Å². The summed E-state index contributed by atoms with van der Waals surface area (Å²) in [5, 5.41) is 9.49. The summed E-state index contributed by atoms with van der Waals surface area (Å²) in [7, 11) is 0. The molecule has 0 aliphatic carbocycles. The smallest absolute Gasteiger partial charge is 0.233 e. The maximum atomic E-state index is 12.7. The van der Waals surface area contributed by atoms with E-state index in [0.29, 0.717) is 5.75 Å². The first-order valence-electron chi connectivity index (χ1n) is 10.4. The van der Waals surface area contributed by atoms with Crippen LogP contribution in [0.5, 0.6) is 0 Å². The Bertz CT molecular complexity index is 952. The molecule has 0 atom stereocenters. The number of nitrogens with zero attached hydrogens (tertiary/aromatic N) is 5. The number of rotatable bonds is 7. The number of carbonyl (C=O) groups is 1. The third-order valence-electron chi connectivity index (χ3n) is 5.36. The number of aromatic nitrogens is 3. The summed E-state index contributed by atoms with van der Waals surface area (Å²) in [6.45, 7) is 7.17. The van der Waals surface area contributed by atoms with E-state index in [1.165, 1.54) is 17.3 Å². The van der Waals surface area contributed by atoms with Crippen LogP contribution in [0.3, 0.4) is 0 Å². The molecule has 1 saturated heterocycles. The molecule has 0 N–H and O–H groups in total. The lowest BCUT2D eigenvalue weighted by Crippen LogP contribution is -2.48. The lowest BCUT2D eigenvalue weighted by Gasteiger charge is -2.34. The Kier molecular flexibility index (Phi) is 6.81. The Morgan fingerprint density at radius 2 is 1.60 bits per heavy atom. The van der Waals surface area contributed by atoms with Crippen LogP contribution in [-0.2, 0) is 17.9 Å². The molecular formula is C23H27N5OS. The number of amides is 1. The first-order chi connectivity index (χ1) is 14.7. The van der Waals surface area contributed by atoms with Gasteiger partial charge >= 0.3 is 0 Å². The first kappa shape index (κ1) is 20.6. The molecule has 0 radical (unpaired) electrons. The summed E-state index contributed by atoms with van der Waals surface area (Å²) in [5.41, 5.74) is 2.36. The molecule has 6 nitrogen and oxygen atoms in total. The summed E-state index contributed by atoms with van der Waals surface area (Å²) in [6.07, 6.45) is 0. The van der Waals surface area contributed by atoms with Crippen molar-refractivity contribution >= 4 is 17.7 Å². The molecule has 0 bridgehead atoms. The first-order valence-corrected chi connectivity index (χ1v) is 11.4. The second kappa shape index (κ2) is 9.91. The highest BCUT2D eigenvalue weighted by Gasteiger charge is 2.22. The number of carbonyl (C=O) groups excluding carboxylic acids is 1. The lowest BCUT2D eigenvalue weighted by atomic mass is 10.2. The molecule has 0 saturated carbocycles. The van der Waals surface area contributed by atoms with E-state index in [1.54, 1.807) is 0 Å². The summed E-state index contributed by atoms with van der Waals surface area (Å²) in [5.74, 6) is 1.42. The Morgan fingerprint density at radius 3 is 2.27 bits per heavy atom. The molecule has 1 amide bonds. The van der Waals surface area contributed by atoms with Gasteiger partial charge in [-0.15, -0.1) is 10.2 Å². The maximum Gasteiger partial charge on any atom is 0.233 e. The van der Waals surface area contributed by atoms with Crippen molar-refractivity contribution in [1.29, 1.82) is 0 Å². The van der Waals surface area contributed by atoms with E-state index in [2.05, 4.69) is 50.9 Å². The molecule has 2 aromatic carbocycles. The highest BCUT2D eigenvalue weighted by atomic mass is 32.2. The average molecular weight is 422 g/mol. The highest BCUT2D eigenvalue weighted by Crippen LogP contribution is 2.24. The fourth-order valence-electron chi connectivity index (χ4n) is 3.70. The van der Waals surface area contributed by atoms with Crippen molar-refractivity contribution < 1.29 is 4.79 Å². The van der Waals surface area contributed by atoms with E-state index in [-0.39, 0.29) is 5.91 Å². The van der Waals surface area contributed by atoms with Crippen molar-refractivity contribution in [2.75, 3.05) is 31.9 Å². The molecule has 4 rings (SSSR count). The second-order valence-corrected chi connectivity index (χ2v) is 8.29. The molecule has 0 unspecified atom stereocenters. The molecule has 156 valence electrons. The van der Waals surface area contributed by atoms with Gasteiger partial charge in [0.05, 0.1) is 5.75 Å². The molecule has 0 spiro atoms. The standard InChI is InChI=1S/C23H27N5OS/c1-2-28-22(20-11-7-4-8-12-20)24-25-23(28)30-18-21(29)27-15-13-26(14-16-27)17-19-9-5-3-6-10-19/h3-12H,2,13-18H2,1H3. The van der Waals surface area contributed by atoms with Crippen LogP contribution in [0.1, 0.15) is 12.5 Å². The third-order valence-corrected chi connectivity index (χ3v) is 6.32. The van der Waals surface area contributed by atoms with E-state index < -0.39 is 0 Å². The van der Waals surface area contributed by atoms with Crippen molar-refractivity contribution in [2.45, 2.75) is 25.2 Å². The molecule has 1 aliphatic heterocycles. The number of hydrogen-bond donors (Lipinski definition) is 0. The van der Waals surface area contributed by atoms with E-state index in [4.69, 9.17) is 0 Å². The Balaban J connectivity index is 1.30. The van der Waals surface area contributed by atoms with E-state index in [9.17, 15) is 4.79 Å². The highest BCUT2D eigenvalue weighted by molar-refractivity contribution is 7.99. The van der Waals surface area contributed by atoms with Gasteiger partial charge in [0.1, 0.15) is 0 Å². The van der Waals surface area contributed by atoms with Gasteiger partial charge in [-0.25, -0.2) is 0 Å². The van der Waals surface area contributed by atoms with Crippen LogP contribution in [0.2, 0.25) is 0 Å². The van der Waals surface area contributed by atoms with Gasteiger partial charge in [-0.3, -0.25) is 9.69 Å². The molecule has 1 aromatic heterocycles. The zero-order valence-corrected chi connectivity index (χ0v) is 18.1. The predicted molar refractivity (Wildman–Crippen MR) is 120 cm³/mol. The second-order valence-electron chi connectivity index (χ2n) is 7.35. The van der Waals surface area contributed by atoms with Crippen molar-refractivity contribution in [3.8, 4) is 11.4 Å². The molecule has 1 fully saturated rings. The van der Waals surface area contributed by atoms with Crippen LogP contribution in [-0.4, -0.2) is 62.4 Å². The maximum absolute atomic E-state index is 12.7. The monoisotopic (exact) mass is 421 g/mol. The normalized spacial score (nSPS) is 14.8. The largest absolute Gasteiger partial charge is 0.339 e. The topological polar surface area (TPSA) is 54.3 Å². The number of piperazine rings is 1. The van der Waals surface area contributed by atoms with Gasteiger partial charge < -0.3 is 9.47 Å². The summed E-state index contributed by atoms with van der Waals surface area (Å²) >= 11 is 1.48. The van der Waals surface area contributed by atoms with Gasteiger partial charge in [-0.05, 0) is 12.5 Å². The molecule has 30 heavy (non-hydrogen) atoms. The van der Waals surface area contributed by atoms with Gasteiger partial charge in [0.2, 0.25) is 5.91 Å². The van der Waals surface area contributed by atoms with E-state index >= 15 is 0 Å². The van der Waals surface area contributed by atoms with Gasteiger partial charge in [-0.2, -0.15) is 0 Å². The van der Waals surface area contributed by atoms with Gasteiger partial charge in [0.15, 0.2) is 11.0 Å². The molecular weight excluding hydrogens is 394 g/mol. The van der Waals surface area contributed by atoms with Gasteiger partial charge in [-0.1, -0.05) is 72.4 Å². The van der Waals surface area contributed by atoms with Crippen LogP contribution >= 0.6 is 11.8 Å². The van der Waals surface area contributed by atoms with Crippen molar-refractivity contribution in [3.63, 3.8) is 0 Å². The quantitative estimate of drug-likeness (QED) is 0.547. The van der Waals surface area contributed by atoms with Crippen molar-refractivity contribution in [2.24, 2.45) is 0 Å². The van der Waals surface area contributed by atoms with Crippen LogP contribution in [0, 0.1) is 0 Å². The lowest BCUT2D eigenvalue weighted by molar-refractivity contribution is -0.130. The molecule has 7 heteroatoms. The number of hydrogen-bond acceptors (Lipinski definition) is 5. The number of benzene rings is 2. The molecule has 3 aromatic rings. The minimum absolute atomic E-state index is 0.172. The van der Waals surface area contributed by atoms with Crippen molar-refractivity contribution in [1.82, 2.24) is 24.6 Å². The average Bonchev–Trinajstić information content (AvgIpc) is 3.22. The third kappa shape index (κ3) is 4.91. The van der Waals surface area contributed by atoms with Gasteiger partial charge in [0.25, 0.3) is 0 Å². The zero-order chi connectivity index (χ0) is 20.8. The predicted octanol–water partition coefficient (Wildman–Crippen LogP) is 3.40. The van der Waals surface area contributed by atoms with Crippen LogP contribution in [0.25, 0.3) is 11.4 Å². The van der Waals surface area contributed by atoms with Crippen molar-refractivity contribution in [3.05, 3.63) is 66.2 Å². The molecule has 2 heterocycles. The van der Waals surface area contributed by atoms with Gasteiger partial charge in [0, 0.05) is 44.8 Å². The Morgan fingerprint density at radius 1 is 0.933 bits per heavy atom. The fourth-order valence-corrected chi connectivity index (χ4v) is 4.60. The SMILES string of the molecule is CCn1c(SCC(=O)N2CCN(Cc3ccccc3)CC2)nnc1-c1ccccc1. The van der Waals surface area contributed by atoms with Crippen LogP contribution in [0.15, 0.2) is 65.8 Å². The fraction of sp³-hybridized carbons (Fsp3) is 0.348. The van der Waals surface area contributed by atoms with Crippen LogP contribution < -0.4 is 0 Å². The van der Waals surface area contributed by atoms with E-state index in [1.807, 2.05) is 41.3 Å². The summed E-state index contributed by atoms with van der Waals surface area (Å²) < 4.78 is 2.07. The Hall–Kier alpha value is -2.64.